The highest BCUT2D eigenvalue weighted by molar-refractivity contribution is 7.12. The van der Waals surface area contributed by atoms with Crippen molar-refractivity contribution in [3.05, 3.63) is 38.0 Å². The van der Waals surface area contributed by atoms with Crippen molar-refractivity contribution in [3.8, 4) is 0 Å². The molecule has 0 aliphatic heterocycles. The van der Waals surface area contributed by atoms with Crippen LogP contribution in [0.5, 0.6) is 0 Å². The van der Waals surface area contributed by atoms with Crippen molar-refractivity contribution in [1.29, 1.82) is 0 Å². The minimum atomic E-state index is 0.482. The zero-order valence-corrected chi connectivity index (χ0v) is 16.0. The Morgan fingerprint density at radius 1 is 1.22 bits per heavy atom. The lowest BCUT2D eigenvalue weighted by molar-refractivity contribution is 0.810. The van der Waals surface area contributed by atoms with Gasteiger partial charge in [0.2, 0.25) is 0 Å². The third-order valence-electron chi connectivity index (χ3n) is 3.30. The maximum absolute atomic E-state index is 4.64. The fourth-order valence-electron chi connectivity index (χ4n) is 2.04. The Kier molecular flexibility index (Phi) is 7.05. The molecule has 0 aliphatic carbocycles. The van der Waals surface area contributed by atoms with E-state index in [9.17, 15) is 0 Å². The molecule has 0 fully saturated rings. The van der Waals surface area contributed by atoms with Gasteiger partial charge < -0.3 is 10.6 Å². The van der Waals surface area contributed by atoms with Crippen LogP contribution in [0, 0.1) is 0 Å². The monoisotopic (exact) mass is 350 g/mol. The average Bonchev–Trinajstić information content (AvgIpc) is 3.19. The molecule has 0 bridgehead atoms. The van der Waals surface area contributed by atoms with Gasteiger partial charge >= 0.3 is 0 Å². The molecule has 0 radical (unpaired) electrons. The minimum Gasteiger partial charge on any atom is -0.357 e. The third kappa shape index (κ3) is 5.62. The first-order valence-corrected chi connectivity index (χ1v) is 9.86. The Morgan fingerprint density at radius 2 is 2.00 bits per heavy atom. The van der Waals surface area contributed by atoms with Crippen LogP contribution in [0.3, 0.4) is 0 Å². The van der Waals surface area contributed by atoms with Gasteiger partial charge in [0.1, 0.15) is 0 Å². The van der Waals surface area contributed by atoms with Crippen LogP contribution in [0.2, 0.25) is 0 Å². The van der Waals surface area contributed by atoms with E-state index in [0.717, 1.165) is 31.2 Å². The zero-order valence-electron chi connectivity index (χ0n) is 14.3. The molecule has 0 aliphatic rings. The first-order valence-electron chi connectivity index (χ1n) is 8.16. The molecule has 0 amide bonds. The first kappa shape index (κ1) is 17.9. The molecule has 4 nitrogen and oxygen atoms in total. The van der Waals surface area contributed by atoms with E-state index in [0.29, 0.717) is 12.5 Å². The fourth-order valence-corrected chi connectivity index (χ4v) is 3.76. The minimum absolute atomic E-state index is 0.482. The number of thiazole rings is 1. The molecule has 2 aromatic heterocycles. The lowest BCUT2D eigenvalue weighted by atomic mass is 10.2. The number of aryl methyl sites for hydroxylation is 1. The van der Waals surface area contributed by atoms with Gasteiger partial charge in [0.15, 0.2) is 5.96 Å². The van der Waals surface area contributed by atoms with Gasteiger partial charge in [-0.3, -0.25) is 0 Å². The van der Waals surface area contributed by atoms with Crippen molar-refractivity contribution in [2.45, 2.75) is 53.1 Å². The molecule has 0 saturated heterocycles. The molecule has 23 heavy (non-hydrogen) atoms. The van der Waals surface area contributed by atoms with Crippen molar-refractivity contribution in [1.82, 2.24) is 15.6 Å². The van der Waals surface area contributed by atoms with Crippen LogP contribution in [0.15, 0.2) is 22.5 Å². The van der Waals surface area contributed by atoms with Crippen molar-refractivity contribution in [2.75, 3.05) is 6.54 Å². The molecule has 0 spiro atoms. The third-order valence-corrected chi connectivity index (χ3v) is 5.73. The number of thiophene rings is 1. The maximum Gasteiger partial charge on any atom is 0.191 e. The lowest BCUT2D eigenvalue weighted by Gasteiger charge is -2.10. The second-order valence-electron chi connectivity index (χ2n) is 5.60. The van der Waals surface area contributed by atoms with Crippen LogP contribution in [0.25, 0.3) is 0 Å². The van der Waals surface area contributed by atoms with Crippen molar-refractivity contribution in [2.24, 2.45) is 4.99 Å². The summed E-state index contributed by atoms with van der Waals surface area (Å²) in [5.74, 6) is 1.33. The zero-order chi connectivity index (χ0) is 16.7. The Labute approximate surface area is 147 Å². The number of aromatic nitrogens is 1. The van der Waals surface area contributed by atoms with E-state index >= 15 is 0 Å². The summed E-state index contributed by atoms with van der Waals surface area (Å²) in [5.41, 5.74) is 1.04. The molecule has 2 heterocycles. The molecule has 0 aromatic carbocycles. The molecular weight excluding hydrogens is 324 g/mol. The van der Waals surface area contributed by atoms with Crippen LogP contribution >= 0.6 is 22.7 Å². The van der Waals surface area contributed by atoms with Crippen LogP contribution in [-0.4, -0.2) is 17.5 Å². The van der Waals surface area contributed by atoms with Crippen LogP contribution in [-0.2, 0) is 19.5 Å². The maximum atomic E-state index is 4.64. The Hall–Kier alpha value is -1.40. The highest BCUT2D eigenvalue weighted by Crippen LogP contribution is 2.19. The Bertz CT molecular complexity index is 628. The Balaban J connectivity index is 1.93. The van der Waals surface area contributed by atoms with Gasteiger partial charge in [0.05, 0.1) is 23.8 Å². The number of hydrogen-bond donors (Lipinski definition) is 2. The largest absolute Gasteiger partial charge is 0.357 e. The fraction of sp³-hybridized carbons (Fsp3) is 0.529. The normalized spacial score (nSPS) is 12.0. The summed E-state index contributed by atoms with van der Waals surface area (Å²) in [7, 11) is 0. The average molecular weight is 351 g/mol. The van der Waals surface area contributed by atoms with Crippen LogP contribution in [0.1, 0.15) is 54.1 Å². The second kappa shape index (κ2) is 9.03. The molecular formula is C17H26N4S2. The molecule has 0 atom stereocenters. The SMILES string of the molecule is CCNC(=NCc1csc(C(C)C)n1)NCc1ccc(CC)s1. The van der Waals surface area contributed by atoms with E-state index in [1.165, 1.54) is 14.8 Å². The van der Waals surface area contributed by atoms with E-state index < -0.39 is 0 Å². The van der Waals surface area contributed by atoms with Crippen molar-refractivity contribution in [3.63, 3.8) is 0 Å². The number of nitrogens with zero attached hydrogens (tertiary/aromatic N) is 2. The number of rotatable bonds is 7. The molecule has 0 unspecified atom stereocenters. The van der Waals surface area contributed by atoms with Crippen molar-refractivity contribution < 1.29 is 0 Å². The lowest BCUT2D eigenvalue weighted by Crippen LogP contribution is -2.36. The summed E-state index contributed by atoms with van der Waals surface area (Å²) >= 11 is 3.58. The van der Waals surface area contributed by atoms with Gasteiger partial charge in [0, 0.05) is 27.6 Å². The topological polar surface area (TPSA) is 49.3 Å². The Morgan fingerprint density at radius 3 is 2.61 bits per heavy atom. The van der Waals surface area contributed by atoms with Gasteiger partial charge in [-0.05, 0) is 25.5 Å². The van der Waals surface area contributed by atoms with Crippen LogP contribution < -0.4 is 10.6 Å². The highest BCUT2D eigenvalue weighted by Gasteiger charge is 2.06. The van der Waals surface area contributed by atoms with E-state index in [1.807, 2.05) is 11.3 Å². The van der Waals surface area contributed by atoms with E-state index in [-0.39, 0.29) is 0 Å². The highest BCUT2D eigenvalue weighted by atomic mass is 32.1. The summed E-state index contributed by atoms with van der Waals surface area (Å²) in [6, 6.07) is 4.39. The molecule has 126 valence electrons. The predicted octanol–water partition coefficient (Wildman–Crippen LogP) is 4.15. The number of nitrogens with one attached hydrogen (secondary N) is 2. The summed E-state index contributed by atoms with van der Waals surface area (Å²) in [6.45, 7) is 10.9. The summed E-state index contributed by atoms with van der Waals surface area (Å²) in [4.78, 5) is 12.0. The molecule has 2 aromatic rings. The van der Waals surface area contributed by atoms with Crippen molar-refractivity contribution >= 4 is 28.6 Å². The first-order chi connectivity index (χ1) is 11.1. The summed E-state index contributed by atoms with van der Waals surface area (Å²) < 4.78 is 0. The second-order valence-corrected chi connectivity index (χ2v) is 7.74. The van der Waals surface area contributed by atoms with Gasteiger partial charge in [0.25, 0.3) is 0 Å². The van der Waals surface area contributed by atoms with Gasteiger partial charge in [-0.1, -0.05) is 20.8 Å². The number of guanidine groups is 1. The quantitative estimate of drug-likeness (QED) is 0.583. The smallest absolute Gasteiger partial charge is 0.191 e. The van der Waals surface area contributed by atoms with E-state index in [1.54, 1.807) is 11.3 Å². The van der Waals surface area contributed by atoms with Crippen LogP contribution in [0.4, 0.5) is 0 Å². The number of hydrogen-bond acceptors (Lipinski definition) is 4. The standard InChI is InChI=1S/C17H26N4S2/c1-5-14-7-8-15(23-14)10-20-17(18-6-2)19-9-13-11-22-16(21-13)12(3)4/h7-8,11-12H,5-6,9-10H2,1-4H3,(H2,18,19,20). The van der Waals surface area contributed by atoms with E-state index in [2.05, 4.69) is 65.8 Å². The summed E-state index contributed by atoms with van der Waals surface area (Å²) in [6.07, 6.45) is 1.10. The molecule has 2 rings (SSSR count). The molecule has 2 N–H and O–H groups in total. The predicted molar refractivity (Wildman–Crippen MR) is 102 cm³/mol. The molecule has 0 saturated carbocycles. The van der Waals surface area contributed by atoms with Gasteiger partial charge in [-0.25, -0.2) is 9.98 Å². The van der Waals surface area contributed by atoms with Gasteiger partial charge in [-0.15, -0.1) is 22.7 Å². The van der Waals surface area contributed by atoms with E-state index in [4.69, 9.17) is 0 Å². The molecule has 6 heteroatoms. The number of aliphatic imine (C=N–C) groups is 1. The summed E-state index contributed by atoms with van der Waals surface area (Å²) in [5, 5.41) is 9.98. The van der Waals surface area contributed by atoms with Gasteiger partial charge in [-0.2, -0.15) is 0 Å².